The minimum atomic E-state index is 0.0118. The van der Waals surface area contributed by atoms with E-state index in [9.17, 15) is 0 Å². The van der Waals surface area contributed by atoms with Crippen molar-refractivity contribution in [2.45, 2.75) is 24.4 Å². The van der Waals surface area contributed by atoms with Crippen LogP contribution in [-0.4, -0.2) is 16.0 Å². The van der Waals surface area contributed by atoms with Crippen LogP contribution in [0.5, 0.6) is 0 Å². The van der Waals surface area contributed by atoms with Crippen LogP contribution < -0.4 is 10.6 Å². The van der Waals surface area contributed by atoms with Gasteiger partial charge in [-0.1, -0.05) is 158 Å². The highest BCUT2D eigenvalue weighted by Gasteiger charge is 2.27. The molecule has 0 fully saturated rings. The third-order valence-corrected chi connectivity index (χ3v) is 13.3. The number of dihydropyridines is 1. The van der Waals surface area contributed by atoms with Gasteiger partial charge in [0.25, 0.3) is 0 Å². The standard InChI is InChI=1S/C56H38N4/c1-2-9-44-43(8-1)45(25-26-46(44)50-29-22-39-15-14-38-7-4-30-57-55(38)56(39)60-50)49-28-21-34-11-17-41(32-52(34)59-49)48-27-20-33-10-16-40(31-51(33)58-48)42-23-18-37-13-12-35-5-3-6-36-19-24-47(42)54(37)53(35)36/h1-30,32,40,50-51,58,60H,31H2. The summed E-state index contributed by atoms with van der Waals surface area (Å²) in [5, 5.41) is 20.5. The molecule has 2 N–H and O–H groups in total. The van der Waals surface area contributed by atoms with Crippen molar-refractivity contribution in [1.82, 2.24) is 15.3 Å². The largest absolute Gasteiger partial charge is 0.378 e. The summed E-state index contributed by atoms with van der Waals surface area (Å²) < 4.78 is 0. The Morgan fingerprint density at radius 3 is 2.27 bits per heavy atom. The number of anilines is 1. The Balaban J connectivity index is 0.806. The predicted octanol–water partition coefficient (Wildman–Crippen LogP) is 13.7. The summed E-state index contributed by atoms with van der Waals surface area (Å²) in [6, 6.07) is 53.4. The smallest absolute Gasteiger partial charge is 0.0939 e. The topological polar surface area (TPSA) is 49.8 Å². The Hall–Kier alpha value is -7.56. The minimum absolute atomic E-state index is 0.0118. The van der Waals surface area contributed by atoms with Crippen molar-refractivity contribution >= 4 is 82.4 Å². The quantitative estimate of drug-likeness (QED) is 0.175. The molecule has 1 aliphatic carbocycles. The van der Waals surface area contributed by atoms with Gasteiger partial charge in [0.2, 0.25) is 0 Å². The number of pyridine rings is 2. The van der Waals surface area contributed by atoms with Gasteiger partial charge in [-0.3, -0.25) is 4.98 Å². The summed E-state index contributed by atoms with van der Waals surface area (Å²) in [6.07, 6.45) is 16.6. The minimum Gasteiger partial charge on any atom is -0.378 e. The summed E-state index contributed by atoms with van der Waals surface area (Å²) in [5.41, 5.74) is 12.6. The highest BCUT2D eigenvalue weighted by atomic mass is 14.9. The number of hydrogen-bond acceptors (Lipinski definition) is 4. The van der Waals surface area contributed by atoms with E-state index in [-0.39, 0.29) is 12.1 Å². The van der Waals surface area contributed by atoms with E-state index < -0.39 is 0 Å². The normalized spacial score (nSPS) is 18.4. The molecule has 60 heavy (non-hydrogen) atoms. The molecule has 0 saturated carbocycles. The number of aromatic nitrogens is 2. The Kier molecular flexibility index (Phi) is 7.23. The molecule has 10 aromatic rings. The van der Waals surface area contributed by atoms with Crippen molar-refractivity contribution in [2.75, 3.05) is 5.32 Å². The second-order valence-electron chi connectivity index (χ2n) is 16.6. The van der Waals surface area contributed by atoms with Crippen LogP contribution in [0.3, 0.4) is 0 Å². The van der Waals surface area contributed by atoms with Gasteiger partial charge in [0, 0.05) is 34.1 Å². The molecule has 0 bridgehead atoms. The molecule has 0 spiro atoms. The van der Waals surface area contributed by atoms with Crippen LogP contribution in [0.15, 0.2) is 188 Å². The maximum absolute atomic E-state index is 5.33. The number of rotatable bonds is 4. The van der Waals surface area contributed by atoms with Crippen LogP contribution in [-0.2, 0) is 0 Å². The SMILES string of the molecule is C1=CC(c2ccc3ccc4cccc5ccc2c3c45)CC2NC(c3ccc4ccc(-c5ccc(C6C=Cc7ccc8cccnc8c7N6)c6ccccc56)nc4c3)=CC=C12. The molecule has 282 valence electrons. The van der Waals surface area contributed by atoms with Gasteiger partial charge >= 0.3 is 0 Å². The van der Waals surface area contributed by atoms with Crippen LogP contribution >= 0.6 is 0 Å². The van der Waals surface area contributed by atoms with E-state index in [1.54, 1.807) is 0 Å². The van der Waals surface area contributed by atoms with Crippen molar-refractivity contribution in [3.05, 3.63) is 210 Å². The molecule has 0 radical (unpaired) electrons. The highest BCUT2D eigenvalue weighted by Crippen LogP contribution is 2.43. The first-order chi connectivity index (χ1) is 29.7. The molecule has 3 unspecified atom stereocenters. The fraction of sp³-hybridized carbons (Fsp3) is 0.0714. The Labute approximate surface area is 347 Å². The monoisotopic (exact) mass is 766 g/mol. The van der Waals surface area contributed by atoms with Crippen LogP contribution in [0.2, 0.25) is 0 Å². The Morgan fingerprint density at radius 2 is 1.33 bits per heavy atom. The second-order valence-corrected chi connectivity index (χ2v) is 16.6. The zero-order valence-corrected chi connectivity index (χ0v) is 32.7. The van der Waals surface area contributed by atoms with E-state index in [1.165, 1.54) is 59.8 Å². The van der Waals surface area contributed by atoms with Crippen molar-refractivity contribution in [3.8, 4) is 11.3 Å². The van der Waals surface area contributed by atoms with Crippen molar-refractivity contribution in [2.24, 2.45) is 0 Å². The maximum atomic E-state index is 5.33. The molecule has 4 heterocycles. The van der Waals surface area contributed by atoms with Crippen LogP contribution in [0.25, 0.3) is 87.9 Å². The van der Waals surface area contributed by atoms with Gasteiger partial charge in [0.1, 0.15) is 0 Å². The molecule has 2 aliphatic heterocycles. The Morgan fingerprint density at radius 1 is 0.550 bits per heavy atom. The predicted molar refractivity (Wildman–Crippen MR) is 251 cm³/mol. The van der Waals surface area contributed by atoms with E-state index in [1.807, 2.05) is 12.3 Å². The third kappa shape index (κ3) is 5.17. The number of fused-ring (bicyclic) bond motifs is 6. The second kappa shape index (κ2) is 13.0. The van der Waals surface area contributed by atoms with Gasteiger partial charge in [0.05, 0.1) is 34.5 Å². The average molecular weight is 767 g/mol. The summed E-state index contributed by atoms with van der Waals surface area (Å²) >= 11 is 0. The molecule has 8 aromatic carbocycles. The van der Waals surface area contributed by atoms with Crippen LogP contribution in [0.4, 0.5) is 5.69 Å². The molecular weight excluding hydrogens is 729 g/mol. The fourth-order valence-corrected chi connectivity index (χ4v) is 10.3. The molecule has 3 aliphatic rings. The molecule has 13 rings (SSSR count). The summed E-state index contributed by atoms with van der Waals surface area (Å²) in [4.78, 5) is 10.1. The first kappa shape index (κ1) is 33.4. The molecule has 4 heteroatoms. The van der Waals surface area contributed by atoms with Gasteiger partial charge in [0.15, 0.2) is 0 Å². The lowest BCUT2D eigenvalue weighted by Crippen LogP contribution is -2.34. The van der Waals surface area contributed by atoms with Gasteiger partial charge in [-0.15, -0.1) is 0 Å². The lowest BCUT2D eigenvalue weighted by Gasteiger charge is -2.33. The summed E-state index contributed by atoms with van der Waals surface area (Å²) in [7, 11) is 0. The molecule has 3 atom stereocenters. The average Bonchev–Trinajstić information content (AvgIpc) is 3.32. The number of hydrogen-bond donors (Lipinski definition) is 2. The van der Waals surface area contributed by atoms with E-state index in [4.69, 9.17) is 9.97 Å². The van der Waals surface area contributed by atoms with E-state index >= 15 is 0 Å². The lowest BCUT2D eigenvalue weighted by molar-refractivity contribution is 0.574. The van der Waals surface area contributed by atoms with Crippen LogP contribution in [0.1, 0.15) is 40.6 Å². The zero-order chi connectivity index (χ0) is 39.3. The lowest BCUT2D eigenvalue weighted by atomic mass is 9.79. The molecule has 4 nitrogen and oxygen atoms in total. The van der Waals surface area contributed by atoms with Gasteiger partial charge in [-0.25, -0.2) is 4.98 Å². The van der Waals surface area contributed by atoms with Gasteiger partial charge < -0.3 is 10.6 Å². The third-order valence-electron chi connectivity index (χ3n) is 13.3. The van der Waals surface area contributed by atoms with E-state index in [0.717, 1.165) is 62.0 Å². The fourth-order valence-electron chi connectivity index (χ4n) is 10.3. The number of nitrogens with zero attached hydrogens (tertiary/aromatic N) is 2. The molecule has 0 saturated heterocycles. The van der Waals surface area contributed by atoms with Crippen molar-refractivity contribution < 1.29 is 0 Å². The van der Waals surface area contributed by atoms with Crippen molar-refractivity contribution in [1.29, 1.82) is 0 Å². The van der Waals surface area contributed by atoms with Crippen LogP contribution in [0, 0.1) is 0 Å². The van der Waals surface area contributed by atoms with E-state index in [2.05, 4.69) is 187 Å². The highest BCUT2D eigenvalue weighted by molar-refractivity contribution is 6.23. The zero-order valence-electron chi connectivity index (χ0n) is 32.7. The molecule has 0 amide bonds. The summed E-state index contributed by atoms with van der Waals surface area (Å²) in [5.74, 6) is 0.309. The molecule has 2 aromatic heterocycles. The first-order valence-corrected chi connectivity index (χ1v) is 21.0. The number of allylic oxidation sites excluding steroid dienone is 3. The Bertz CT molecular complexity index is 3540. The summed E-state index contributed by atoms with van der Waals surface area (Å²) in [6.45, 7) is 0. The number of nitrogens with one attached hydrogen (secondary N) is 2. The first-order valence-electron chi connectivity index (χ1n) is 21.0. The molecular formula is C56H38N4. The van der Waals surface area contributed by atoms with Gasteiger partial charge in [-0.05, 0) is 102 Å². The van der Waals surface area contributed by atoms with E-state index in [0.29, 0.717) is 5.92 Å². The maximum Gasteiger partial charge on any atom is 0.0939 e. The number of benzene rings is 8. The van der Waals surface area contributed by atoms with Gasteiger partial charge in [-0.2, -0.15) is 0 Å². The van der Waals surface area contributed by atoms with Crippen molar-refractivity contribution in [3.63, 3.8) is 0 Å².